The average Bonchev–Trinajstić information content (AvgIpc) is 2.59. The highest BCUT2D eigenvalue weighted by Crippen LogP contribution is 2.18. The van der Waals surface area contributed by atoms with Crippen LogP contribution in [0.2, 0.25) is 0 Å². The van der Waals surface area contributed by atoms with Crippen LogP contribution < -0.4 is 16.4 Å². The smallest absolute Gasteiger partial charge is 0.315 e. The van der Waals surface area contributed by atoms with Gasteiger partial charge in [0.25, 0.3) is 0 Å². The highest BCUT2D eigenvalue weighted by atomic mass is 16.2. The largest absolute Gasteiger partial charge is 0.369 e. The first kappa shape index (κ1) is 18.5. The Morgan fingerprint density at radius 1 is 1.04 bits per heavy atom. The molecule has 24 heavy (non-hydrogen) atoms. The van der Waals surface area contributed by atoms with Gasteiger partial charge in [0, 0.05) is 32.1 Å². The van der Waals surface area contributed by atoms with Crippen molar-refractivity contribution in [3.63, 3.8) is 0 Å². The molecule has 2 rings (SSSR count). The summed E-state index contributed by atoms with van der Waals surface area (Å²) in [5, 5.41) is 5.81. The Morgan fingerprint density at radius 2 is 1.79 bits per heavy atom. The monoisotopic (exact) mass is 338 g/mol. The molecule has 0 aromatic carbocycles. The number of nitrogens with one attached hydrogen (secondary N) is 2. The molecule has 2 aliphatic rings. The maximum atomic E-state index is 12.2. The van der Waals surface area contributed by atoms with E-state index >= 15 is 0 Å². The lowest BCUT2D eigenvalue weighted by Crippen LogP contribution is -2.45. The zero-order valence-electron chi connectivity index (χ0n) is 14.4. The molecule has 1 heterocycles. The number of nitrogens with zero attached hydrogens (tertiary/aromatic N) is 1. The lowest BCUT2D eigenvalue weighted by atomic mass is 9.96. The van der Waals surface area contributed by atoms with Crippen molar-refractivity contribution in [2.45, 2.75) is 63.8 Å². The van der Waals surface area contributed by atoms with Crippen LogP contribution in [0.25, 0.3) is 0 Å². The number of primary amides is 1. The number of carbonyl (C=O) groups excluding carboxylic acids is 3. The van der Waals surface area contributed by atoms with Gasteiger partial charge < -0.3 is 21.3 Å². The fourth-order valence-electron chi connectivity index (χ4n) is 3.52. The second-order valence-electron chi connectivity index (χ2n) is 6.92. The minimum absolute atomic E-state index is 0.0374. The first-order valence-corrected chi connectivity index (χ1v) is 9.17. The molecule has 1 atom stereocenters. The third-order valence-corrected chi connectivity index (χ3v) is 4.97. The second kappa shape index (κ2) is 9.49. The van der Waals surface area contributed by atoms with E-state index in [2.05, 4.69) is 10.6 Å². The molecular weight excluding hydrogens is 308 g/mol. The van der Waals surface area contributed by atoms with Crippen LogP contribution in [0.5, 0.6) is 0 Å². The standard InChI is InChI=1S/C17H30N4O3/c18-16(23)13-6-5-11-21(12-13)15(22)9-4-10-19-17(24)20-14-7-2-1-3-8-14/h13-14H,1-12H2,(H2,18,23)(H2,19,20,24). The van der Waals surface area contributed by atoms with Crippen LogP contribution in [0.4, 0.5) is 4.79 Å². The van der Waals surface area contributed by atoms with E-state index in [1.165, 1.54) is 19.3 Å². The zero-order chi connectivity index (χ0) is 17.4. The molecule has 2 fully saturated rings. The van der Waals surface area contributed by atoms with Crippen molar-refractivity contribution in [3.8, 4) is 0 Å². The number of piperidine rings is 1. The van der Waals surface area contributed by atoms with Gasteiger partial charge in [-0.3, -0.25) is 9.59 Å². The van der Waals surface area contributed by atoms with E-state index in [0.717, 1.165) is 25.7 Å². The van der Waals surface area contributed by atoms with Crippen molar-refractivity contribution < 1.29 is 14.4 Å². The van der Waals surface area contributed by atoms with E-state index in [9.17, 15) is 14.4 Å². The number of carbonyl (C=O) groups is 3. The third-order valence-electron chi connectivity index (χ3n) is 4.97. The lowest BCUT2D eigenvalue weighted by molar-refractivity contribution is -0.135. The molecule has 0 bridgehead atoms. The Balaban J connectivity index is 1.58. The van der Waals surface area contributed by atoms with Gasteiger partial charge in [0.15, 0.2) is 0 Å². The zero-order valence-corrected chi connectivity index (χ0v) is 14.4. The predicted octanol–water partition coefficient (Wildman–Crippen LogP) is 1.12. The highest BCUT2D eigenvalue weighted by Gasteiger charge is 2.26. The minimum atomic E-state index is -0.325. The van der Waals surface area contributed by atoms with Gasteiger partial charge in [-0.2, -0.15) is 0 Å². The Kier molecular flexibility index (Phi) is 7.34. The van der Waals surface area contributed by atoms with Gasteiger partial charge in [-0.25, -0.2) is 4.79 Å². The highest BCUT2D eigenvalue weighted by molar-refractivity contribution is 5.80. The van der Waals surface area contributed by atoms with Crippen LogP contribution in [0.15, 0.2) is 0 Å². The van der Waals surface area contributed by atoms with Gasteiger partial charge >= 0.3 is 6.03 Å². The molecule has 136 valence electrons. The Labute approximate surface area is 143 Å². The molecule has 1 aliphatic carbocycles. The molecule has 1 aliphatic heterocycles. The Hall–Kier alpha value is -1.79. The number of hydrogen-bond acceptors (Lipinski definition) is 3. The summed E-state index contributed by atoms with van der Waals surface area (Å²) in [6.07, 6.45) is 8.31. The number of likely N-dealkylation sites (tertiary alicyclic amines) is 1. The molecule has 0 radical (unpaired) electrons. The van der Waals surface area contributed by atoms with E-state index in [-0.39, 0.29) is 23.8 Å². The lowest BCUT2D eigenvalue weighted by Gasteiger charge is -2.31. The molecule has 0 spiro atoms. The Bertz CT molecular complexity index is 449. The summed E-state index contributed by atoms with van der Waals surface area (Å²) >= 11 is 0. The average molecular weight is 338 g/mol. The number of nitrogens with two attached hydrogens (primary N) is 1. The number of urea groups is 1. The number of rotatable bonds is 6. The van der Waals surface area contributed by atoms with E-state index < -0.39 is 0 Å². The number of hydrogen-bond donors (Lipinski definition) is 3. The van der Waals surface area contributed by atoms with Gasteiger partial charge in [-0.05, 0) is 32.1 Å². The first-order chi connectivity index (χ1) is 11.6. The fourth-order valence-corrected chi connectivity index (χ4v) is 3.52. The summed E-state index contributed by atoms with van der Waals surface area (Å²) in [5.74, 6) is -0.508. The minimum Gasteiger partial charge on any atom is -0.369 e. The van der Waals surface area contributed by atoms with Crippen LogP contribution in [-0.2, 0) is 9.59 Å². The van der Waals surface area contributed by atoms with Gasteiger partial charge in [0.2, 0.25) is 11.8 Å². The summed E-state index contributed by atoms with van der Waals surface area (Å²) in [6.45, 7) is 1.61. The fraction of sp³-hybridized carbons (Fsp3) is 0.824. The van der Waals surface area contributed by atoms with E-state index in [1.807, 2.05) is 0 Å². The van der Waals surface area contributed by atoms with Crippen molar-refractivity contribution in [2.24, 2.45) is 11.7 Å². The molecule has 0 aromatic heterocycles. The van der Waals surface area contributed by atoms with Gasteiger partial charge in [-0.15, -0.1) is 0 Å². The molecule has 4 N–H and O–H groups in total. The molecule has 1 saturated heterocycles. The topological polar surface area (TPSA) is 105 Å². The van der Waals surface area contributed by atoms with Crippen LogP contribution in [0.3, 0.4) is 0 Å². The first-order valence-electron chi connectivity index (χ1n) is 9.17. The molecule has 4 amide bonds. The van der Waals surface area contributed by atoms with Gasteiger partial charge in [-0.1, -0.05) is 19.3 Å². The van der Waals surface area contributed by atoms with Crippen molar-refractivity contribution in [1.82, 2.24) is 15.5 Å². The third kappa shape index (κ3) is 6.02. The number of amides is 4. The van der Waals surface area contributed by atoms with Crippen LogP contribution in [-0.4, -0.2) is 48.4 Å². The predicted molar refractivity (Wildman–Crippen MR) is 91.1 cm³/mol. The van der Waals surface area contributed by atoms with Gasteiger partial charge in [0.05, 0.1) is 5.92 Å². The van der Waals surface area contributed by atoms with Crippen molar-refractivity contribution >= 4 is 17.8 Å². The van der Waals surface area contributed by atoms with Crippen molar-refractivity contribution in [3.05, 3.63) is 0 Å². The van der Waals surface area contributed by atoms with Crippen LogP contribution >= 0.6 is 0 Å². The van der Waals surface area contributed by atoms with E-state index in [4.69, 9.17) is 5.73 Å². The normalized spacial score (nSPS) is 22.0. The SMILES string of the molecule is NC(=O)C1CCCN(C(=O)CCCNC(=O)NC2CCCCC2)C1. The quantitative estimate of drug-likeness (QED) is 0.632. The van der Waals surface area contributed by atoms with Crippen molar-refractivity contribution in [1.29, 1.82) is 0 Å². The van der Waals surface area contributed by atoms with E-state index in [0.29, 0.717) is 38.5 Å². The molecule has 7 heteroatoms. The summed E-state index contributed by atoms with van der Waals surface area (Å²) in [7, 11) is 0. The molecule has 0 aromatic rings. The molecule has 7 nitrogen and oxygen atoms in total. The summed E-state index contributed by atoms with van der Waals surface area (Å²) in [4.78, 5) is 37.0. The maximum Gasteiger partial charge on any atom is 0.315 e. The molecule has 1 saturated carbocycles. The van der Waals surface area contributed by atoms with Gasteiger partial charge in [0.1, 0.15) is 0 Å². The van der Waals surface area contributed by atoms with Crippen LogP contribution in [0.1, 0.15) is 57.8 Å². The van der Waals surface area contributed by atoms with E-state index in [1.54, 1.807) is 4.90 Å². The molecular formula is C17H30N4O3. The summed E-state index contributed by atoms with van der Waals surface area (Å²) in [5.41, 5.74) is 5.33. The summed E-state index contributed by atoms with van der Waals surface area (Å²) in [6, 6.07) is 0.153. The Morgan fingerprint density at radius 3 is 2.50 bits per heavy atom. The molecule has 1 unspecified atom stereocenters. The maximum absolute atomic E-state index is 12.2. The van der Waals surface area contributed by atoms with Crippen LogP contribution in [0, 0.1) is 5.92 Å². The van der Waals surface area contributed by atoms with Crippen molar-refractivity contribution in [2.75, 3.05) is 19.6 Å². The summed E-state index contributed by atoms with van der Waals surface area (Å²) < 4.78 is 0. The second-order valence-corrected chi connectivity index (χ2v) is 6.92.